The Labute approximate surface area is 123 Å². The summed E-state index contributed by atoms with van der Waals surface area (Å²) in [4.78, 5) is 24.0. The van der Waals surface area contributed by atoms with Gasteiger partial charge in [0.2, 0.25) is 5.91 Å². The van der Waals surface area contributed by atoms with Crippen molar-refractivity contribution < 1.29 is 9.59 Å². The molecule has 0 aromatic carbocycles. The summed E-state index contributed by atoms with van der Waals surface area (Å²) in [5, 5.41) is 0. The molecule has 1 amide bonds. The van der Waals surface area contributed by atoms with Crippen molar-refractivity contribution in [3.8, 4) is 0 Å². The van der Waals surface area contributed by atoms with Crippen molar-refractivity contribution in [1.29, 1.82) is 0 Å². The summed E-state index contributed by atoms with van der Waals surface area (Å²) < 4.78 is 2.91. The van der Waals surface area contributed by atoms with Gasteiger partial charge in [-0.3, -0.25) is 8.32 Å². The lowest BCUT2D eigenvalue weighted by Gasteiger charge is -2.20. The lowest BCUT2D eigenvalue weighted by atomic mass is 10.1. The number of carbonyl (C=O) groups is 2. The van der Waals surface area contributed by atoms with E-state index in [2.05, 4.69) is 16.2 Å². The predicted molar refractivity (Wildman–Crippen MR) is 81.6 cm³/mol. The molecule has 0 aromatic rings. The molecular formula is C11H21IN2O2S. The van der Waals surface area contributed by atoms with Gasteiger partial charge in [0, 0.05) is 42.4 Å². The number of aldehydes is 1. The molecule has 0 fully saturated rings. The molecule has 0 rings (SSSR count). The smallest absolute Gasteiger partial charge is 0.223 e. The quantitative estimate of drug-likeness (QED) is 0.202. The molecule has 0 heterocycles. The van der Waals surface area contributed by atoms with Gasteiger partial charge in [0.15, 0.2) is 0 Å². The van der Waals surface area contributed by atoms with Gasteiger partial charge >= 0.3 is 0 Å². The van der Waals surface area contributed by atoms with Crippen molar-refractivity contribution in [2.45, 2.75) is 38.6 Å². The number of halogens is 1. The summed E-state index contributed by atoms with van der Waals surface area (Å²) in [6, 6.07) is -0.0705. The van der Waals surface area contributed by atoms with Crippen LogP contribution < -0.4 is 3.53 Å². The summed E-state index contributed by atoms with van der Waals surface area (Å²) in [6.45, 7) is 3.50. The van der Waals surface area contributed by atoms with Crippen LogP contribution in [0.25, 0.3) is 0 Å². The number of hydrogen-bond donors (Lipinski definition) is 2. The highest BCUT2D eigenvalue weighted by molar-refractivity contribution is 14.1. The number of nitrogens with one attached hydrogen (secondary N) is 1. The average Bonchev–Trinajstić information content (AvgIpc) is 2.34. The van der Waals surface area contributed by atoms with E-state index in [1.165, 1.54) is 0 Å². The average molecular weight is 372 g/mol. The van der Waals surface area contributed by atoms with E-state index >= 15 is 0 Å². The van der Waals surface area contributed by atoms with Crippen LogP contribution in [0.2, 0.25) is 0 Å². The van der Waals surface area contributed by atoms with E-state index < -0.39 is 0 Å². The highest BCUT2D eigenvalue weighted by Gasteiger charge is 2.10. The van der Waals surface area contributed by atoms with Gasteiger partial charge in [-0.15, -0.1) is 0 Å². The molecule has 0 saturated carbocycles. The molecule has 0 aliphatic heterocycles. The third-order valence-corrected chi connectivity index (χ3v) is 3.58. The SMILES string of the molecule is CCN(CCCCC(C=O)NI)C(=O)CCS. The zero-order valence-electron chi connectivity index (χ0n) is 10.2. The van der Waals surface area contributed by atoms with Crippen molar-refractivity contribution >= 4 is 47.7 Å². The van der Waals surface area contributed by atoms with Crippen LogP contribution in [0.5, 0.6) is 0 Å². The third-order valence-electron chi connectivity index (χ3n) is 2.56. The zero-order valence-corrected chi connectivity index (χ0v) is 13.2. The second-order valence-electron chi connectivity index (χ2n) is 3.79. The number of rotatable bonds is 10. The lowest BCUT2D eigenvalue weighted by Crippen LogP contribution is -2.32. The summed E-state index contributed by atoms with van der Waals surface area (Å²) in [5.41, 5.74) is 0. The maximum absolute atomic E-state index is 11.6. The molecule has 0 aliphatic rings. The Morgan fingerprint density at radius 3 is 2.71 bits per heavy atom. The van der Waals surface area contributed by atoms with Crippen LogP contribution in [-0.2, 0) is 9.59 Å². The van der Waals surface area contributed by atoms with Gasteiger partial charge in [-0.1, -0.05) is 0 Å². The van der Waals surface area contributed by atoms with Gasteiger partial charge in [-0.05, 0) is 31.9 Å². The lowest BCUT2D eigenvalue weighted by molar-refractivity contribution is -0.130. The number of amides is 1. The molecule has 0 aliphatic carbocycles. The van der Waals surface area contributed by atoms with Gasteiger partial charge in [0.05, 0.1) is 6.04 Å². The van der Waals surface area contributed by atoms with Crippen LogP contribution in [0.1, 0.15) is 32.6 Å². The van der Waals surface area contributed by atoms with Crippen molar-refractivity contribution in [2.24, 2.45) is 0 Å². The van der Waals surface area contributed by atoms with Crippen molar-refractivity contribution in [2.75, 3.05) is 18.8 Å². The van der Waals surface area contributed by atoms with Gasteiger partial charge < -0.3 is 9.69 Å². The minimum absolute atomic E-state index is 0.0705. The van der Waals surface area contributed by atoms with E-state index in [-0.39, 0.29) is 11.9 Å². The molecule has 0 bridgehead atoms. The Kier molecular flexibility index (Phi) is 11.4. The fraction of sp³-hybridized carbons (Fsp3) is 0.818. The zero-order chi connectivity index (χ0) is 13.1. The molecular weight excluding hydrogens is 351 g/mol. The van der Waals surface area contributed by atoms with Crippen LogP contribution >= 0.6 is 35.5 Å². The third kappa shape index (κ3) is 7.99. The molecule has 0 radical (unpaired) electrons. The van der Waals surface area contributed by atoms with Gasteiger partial charge in [-0.2, -0.15) is 12.6 Å². The van der Waals surface area contributed by atoms with E-state index in [0.29, 0.717) is 12.2 Å². The molecule has 0 aromatic heterocycles. The normalized spacial score (nSPS) is 12.2. The summed E-state index contributed by atoms with van der Waals surface area (Å²) >= 11 is 6.05. The second kappa shape index (κ2) is 11.3. The minimum atomic E-state index is -0.0705. The Balaban J connectivity index is 3.76. The van der Waals surface area contributed by atoms with Gasteiger partial charge in [0.25, 0.3) is 0 Å². The van der Waals surface area contributed by atoms with Crippen molar-refractivity contribution in [3.63, 3.8) is 0 Å². The molecule has 100 valence electrons. The number of nitrogens with zero attached hydrogens (tertiary/aromatic N) is 1. The Morgan fingerprint density at radius 1 is 1.53 bits per heavy atom. The largest absolute Gasteiger partial charge is 0.343 e. The molecule has 6 heteroatoms. The highest BCUT2D eigenvalue weighted by Crippen LogP contribution is 2.04. The van der Waals surface area contributed by atoms with Crippen LogP contribution in [0.3, 0.4) is 0 Å². The minimum Gasteiger partial charge on any atom is -0.343 e. The van der Waals surface area contributed by atoms with Gasteiger partial charge in [-0.25, -0.2) is 0 Å². The first-order valence-corrected chi connectivity index (χ1v) is 7.60. The fourth-order valence-corrected chi connectivity index (χ4v) is 2.18. The first kappa shape index (κ1) is 17.2. The van der Waals surface area contributed by atoms with E-state index in [1.807, 2.05) is 34.7 Å². The standard InChI is InChI=1S/C11H21IN2O2S/c1-2-14(11(16)6-8-17)7-4-3-5-10(9-15)13-12/h9-10,13,17H,2-8H2,1H3. The second-order valence-corrected chi connectivity index (χ2v) is 4.86. The maximum Gasteiger partial charge on any atom is 0.223 e. The van der Waals surface area contributed by atoms with E-state index in [1.54, 1.807) is 0 Å². The highest BCUT2D eigenvalue weighted by atomic mass is 127. The predicted octanol–water partition coefficient (Wildman–Crippen LogP) is 1.83. The summed E-state index contributed by atoms with van der Waals surface area (Å²) in [5.74, 6) is 0.767. The molecule has 0 spiro atoms. The fourth-order valence-electron chi connectivity index (χ4n) is 1.53. The number of unbranched alkanes of at least 4 members (excludes halogenated alkanes) is 1. The first-order chi connectivity index (χ1) is 8.19. The van der Waals surface area contributed by atoms with E-state index in [0.717, 1.165) is 38.6 Å². The first-order valence-electron chi connectivity index (χ1n) is 5.89. The Morgan fingerprint density at radius 2 is 2.24 bits per heavy atom. The van der Waals surface area contributed by atoms with Crippen LogP contribution in [0.4, 0.5) is 0 Å². The monoisotopic (exact) mass is 372 g/mol. The Bertz CT molecular complexity index is 230. The molecule has 0 saturated heterocycles. The molecule has 17 heavy (non-hydrogen) atoms. The topological polar surface area (TPSA) is 49.4 Å². The number of hydrogen-bond acceptors (Lipinski definition) is 4. The molecule has 4 nitrogen and oxygen atoms in total. The summed E-state index contributed by atoms with van der Waals surface area (Å²) in [7, 11) is 0. The van der Waals surface area contributed by atoms with Crippen LogP contribution in [0.15, 0.2) is 0 Å². The molecule has 1 atom stereocenters. The van der Waals surface area contributed by atoms with E-state index in [9.17, 15) is 9.59 Å². The van der Waals surface area contributed by atoms with Crippen molar-refractivity contribution in [1.82, 2.24) is 8.43 Å². The molecule has 1 unspecified atom stereocenters. The van der Waals surface area contributed by atoms with Crippen LogP contribution in [0, 0.1) is 0 Å². The number of carbonyl (C=O) groups excluding carboxylic acids is 2. The Hall–Kier alpha value is 0.180. The maximum atomic E-state index is 11.6. The van der Waals surface area contributed by atoms with Crippen LogP contribution in [-0.4, -0.2) is 42.0 Å². The van der Waals surface area contributed by atoms with Crippen molar-refractivity contribution in [3.05, 3.63) is 0 Å². The van der Waals surface area contributed by atoms with Gasteiger partial charge in [0.1, 0.15) is 6.29 Å². The summed E-state index contributed by atoms with van der Waals surface area (Å²) in [6.07, 6.45) is 4.14. The number of thiol groups is 1. The molecule has 1 N–H and O–H groups in total. The van der Waals surface area contributed by atoms with E-state index in [4.69, 9.17) is 0 Å².